The lowest BCUT2D eigenvalue weighted by molar-refractivity contribution is 0.340. The van der Waals surface area contributed by atoms with E-state index in [9.17, 15) is 0 Å². The van der Waals surface area contributed by atoms with Crippen LogP contribution in [0.4, 0.5) is 0 Å². The van der Waals surface area contributed by atoms with Crippen molar-refractivity contribution < 1.29 is 4.74 Å². The average Bonchev–Trinajstić information content (AvgIpc) is 1.88. The topological polar surface area (TPSA) is 9.23 Å². The predicted molar refractivity (Wildman–Crippen MR) is 41.2 cm³/mol. The first kappa shape index (κ1) is 7.13. The molecule has 1 nitrogen and oxygen atoms in total. The minimum Gasteiger partial charge on any atom is -0.494 e. The third-order valence-electron chi connectivity index (χ3n) is 1.22. The van der Waals surface area contributed by atoms with Gasteiger partial charge in [-0.15, -0.1) is 0 Å². The Balaban J connectivity index is 2.75. The van der Waals surface area contributed by atoms with E-state index < -0.39 is 0 Å². The predicted octanol–water partition coefficient (Wildman–Crippen LogP) is 2.19. The number of rotatable bonds is 2. The molecule has 0 saturated carbocycles. The van der Waals surface area contributed by atoms with E-state index in [1.165, 1.54) is 5.56 Å². The van der Waals surface area contributed by atoms with Crippen LogP contribution in [0.25, 0.3) is 0 Å². The molecule has 1 heteroatoms. The second-order valence-electron chi connectivity index (χ2n) is 2.18. The molecule has 0 amide bonds. The second-order valence-corrected chi connectivity index (χ2v) is 2.18. The van der Waals surface area contributed by atoms with Gasteiger partial charge in [-0.05, 0) is 37.6 Å². The summed E-state index contributed by atoms with van der Waals surface area (Å²) in [5, 5.41) is 0. The molecule has 0 N–H and O–H groups in total. The van der Waals surface area contributed by atoms with Crippen LogP contribution in [0.1, 0.15) is 12.5 Å². The SMILES string of the molecule is CCOc1c[c]cc(C)c1. The van der Waals surface area contributed by atoms with E-state index in [1.807, 2.05) is 32.0 Å². The lowest BCUT2D eigenvalue weighted by Crippen LogP contribution is -1.90. The lowest BCUT2D eigenvalue weighted by atomic mass is 10.2. The molecular weight excluding hydrogens is 124 g/mol. The van der Waals surface area contributed by atoms with Crippen molar-refractivity contribution in [3.05, 3.63) is 29.8 Å². The Kier molecular flexibility index (Phi) is 2.32. The number of benzene rings is 1. The fourth-order valence-corrected chi connectivity index (χ4v) is 0.813. The van der Waals surface area contributed by atoms with Crippen LogP contribution in [0.3, 0.4) is 0 Å². The Hall–Kier alpha value is -0.980. The first-order valence-electron chi connectivity index (χ1n) is 3.43. The number of aryl methyl sites for hydroxylation is 1. The Morgan fingerprint density at radius 3 is 2.90 bits per heavy atom. The molecule has 0 fully saturated rings. The minimum absolute atomic E-state index is 0.720. The summed E-state index contributed by atoms with van der Waals surface area (Å²) in [4.78, 5) is 0. The Bertz CT molecular complexity index is 206. The molecule has 0 aliphatic carbocycles. The Morgan fingerprint density at radius 1 is 1.50 bits per heavy atom. The highest BCUT2D eigenvalue weighted by Crippen LogP contribution is 2.10. The van der Waals surface area contributed by atoms with Crippen molar-refractivity contribution in [3.8, 4) is 5.75 Å². The first-order chi connectivity index (χ1) is 4.83. The summed E-state index contributed by atoms with van der Waals surface area (Å²) < 4.78 is 5.26. The molecule has 1 aromatic carbocycles. The van der Waals surface area contributed by atoms with Crippen LogP contribution in [-0.2, 0) is 0 Å². The van der Waals surface area contributed by atoms with Crippen LogP contribution in [-0.4, -0.2) is 6.61 Å². The fourth-order valence-electron chi connectivity index (χ4n) is 0.813. The van der Waals surface area contributed by atoms with Crippen molar-refractivity contribution in [2.75, 3.05) is 6.61 Å². The van der Waals surface area contributed by atoms with Crippen molar-refractivity contribution in [1.29, 1.82) is 0 Å². The quantitative estimate of drug-likeness (QED) is 0.604. The van der Waals surface area contributed by atoms with Crippen LogP contribution < -0.4 is 4.74 Å². The molecule has 0 aliphatic heterocycles. The van der Waals surface area contributed by atoms with Crippen LogP contribution >= 0.6 is 0 Å². The van der Waals surface area contributed by atoms with E-state index in [1.54, 1.807) is 0 Å². The van der Waals surface area contributed by atoms with Crippen LogP contribution in [0.5, 0.6) is 5.75 Å². The standard InChI is InChI=1S/C9H11O/c1-3-10-9-6-4-5-8(2)7-9/h5-7H,3H2,1-2H3. The molecule has 0 spiro atoms. The highest BCUT2D eigenvalue weighted by molar-refractivity contribution is 5.26. The van der Waals surface area contributed by atoms with E-state index >= 15 is 0 Å². The Labute approximate surface area is 61.6 Å². The maximum atomic E-state index is 5.26. The van der Waals surface area contributed by atoms with Crippen LogP contribution in [0, 0.1) is 13.0 Å². The van der Waals surface area contributed by atoms with Gasteiger partial charge in [-0.2, -0.15) is 0 Å². The fraction of sp³-hybridized carbons (Fsp3) is 0.333. The van der Waals surface area contributed by atoms with Gasteiger partial charge in [-0.1, -0.05) is 6.07 Å². The molecule has 0 unspecified atom stereocenters. The van der Waals surface area contributed by atoms with Gasteiger partial charge in [0.15, 0.2) is 0 Å². The molecule has 0 saturated heterocycles. The van der Waals surface area contributed by atoms with Gasteiger partial charge in [0.2, 0.25) is 0 Å². The molecule has 1 aromatic rings. The average molecular weight is 135 g/mol. The summed E-state index contributed by atoms with van der Waals surface area (Å²) in [7, 11) is 0. The van der Waals surface area contributed by atoms with Crippen LogP contribution in [0.2, 0.25) is 0 Å². The summed E-state index contributed by atoms with van der Waals surface area (Å²) in [6.45, 7) is 4.72. The number of ether oxygens (including phenoxy) is 1. The zero-order valence-electron chi connectivity index (χ0n) is 6.35. The van der Waals surface area contributed by atoms with Crippen molar-refractivity contribution in [2.24, 2.45) is 0 Å². The van der Waals surface area contributed by atoms with E-state index in [2.05, 4.69) is 6.07 Å². The normalized spacial score (nSPS) is 9.40. The van der Waals surface area contributed by atoms with Crippen molar-refractivity contribution in [2.45, 2.75) is 13.8 Å². The maximum absolute atomic E-state index is 5.26. The van der Waals surface area contributed by atoms with Gasteiger partial charge in [-0.3, -0.25) is 0 Å². The van der Waals surface area contributed by atoms with Gasteiger partial charge in [0.1, 0.15) is 5.75 Å². The van der Waals surface area contributed by atoms with E-state index in [0.29, 0.717) is 0 Å². The van der Waals surface area contributed by atoms with Gasteiger partial charge in [0, 0.05) is 0 Å². The molecule has 1 radical (unpaired) electrons. The summed E-state index contributed by atoms with van der Waals surface area (Å²) in [6.07, 6.45) is 0. The smallest absolute Gasteiger partial charge is 0.120 e. The maximum Gasteiger partial charge on any atom is 0.120 e. The van der Waals surface area contributed by atoms with Gasteiger partial charge in [0.25, 0.3) is 0 Å². The molecule has 0 bridgehead atoms. The highest BCUT2D eigenvalue weighted by atomic mass is 16.5. The Morgan fingerprint density at radius 2 is 2.30 bits per heavy atom. The van der Waals surface area contributed by atoms with Gasteiger partial charge in [-0.25, -0.2) is 0 Å². The van der Waals surface area contributed by atoms with Gasteiger partial charge in [0.05, 0.1) is 6.61 Å². The molecule has 10 heavy (non-hydrogen) atoms. The van der Waals surface area contributed by atoms with E-state index in [-0.39, 0.29) is 0 Å². The lowest BCUT2D eigenvalue weighted by Gasteiger charge is -2.01. The minimum atomic E-state index is 0.720. The van der Waals surface area contributed by atoms with Crippen LogP contribution in [0.15, 0.2) is 18.2 Å². The van der Waals surface area contributed by atoms with E-state index in [4.69, 9.17) is 4.74 Å². The second kappa shape index (κ2) is 3.25. The van der Waals surface area contributed by atoms with Crippen molar-refractivity contribution in [3.63, 3.8) is 0 Å². The first-order valence-corrected chi connectivity index (χ1v) is 3.43. The summed E-state index contributed by atoms with van der Waals surface area (Å²) in [6, 6.07) is 8.77. The van der Waals surface area contributed by atoms with Gasteiger partial charge < -0.3 is 4.74 Å². The number of hydrogen-bond donors (Lipinski definition) is 0. The summed E-state index contributed by atoms with van der Waals surface area (Å²) in [5.41, 5.74) is 1.19. The van der Waals surface area contributed by atoms with Crippen molar-refractivity contribution >= 4 is 0 Å². The zero-order valence-corrected chi connectivity index (χ0v) is 6.35. The van der Waals surface area contributed by atoms with Gasteiger partial charge >= 0.3 is 0 Å². The highest BCUT2D eigenvalue weighted by Gasteiger charge is 1.89. The molecule has 0 heterocycles. The molecule has 53 valence electrons. The molecule has 0 atom stereocenters. The zero-order chi connectivity index (χ0) is 7.40. The van der Waals surface area contributed by atoms with E-state index in [0.717, 1.165) is 12.4 Å². The molecule has 0 aromatic heterocycles. The summed E-state index contributed by atoms with van der Waals surface area (Å²) in [5.74, 6) is 0.905. The molecular formula is C9H11O. The third kappa shape index (κ3) is 1.76. The third-order valence-corrected chi connectivity index (χ3v) is 1.22. The number of hydrogen-bond acceptors (Lipinski definition) is 1. The monoisotopic (exact) mass is 135 g/mol. The van der Waals surface area contributed by atoms with Crippen molar-refractivity contribution in [1.82, 2.24) is 0 Å². The largest absolute Gasteiger partial charge is 0.494 e. The summed E-state index contributed by atoms with van der Waals surface area (Å²) >= 11 is 0. The molecule has 1 rings (SSSR count). The molecule has 0 aliphatic rings.